The van der Waals surface area contributed by atoms with E-state index in [9.17, 15) is 0 Å². The molecule has 0 saturated carbocycles. The van der Waals surface area contributed by atoms with Crippen LogP contribution in [0.5, 0.6) is 5.75 Å². The molecule has 25 heavy (non-hydrogen) atoms. The number of benzene rings is 2. The molecule has 130 valence electrons. The second-order valence-corrected chi connectivity index (χ2v) is 7.08. The van der Waals surface area contributed by atoms with Crippen LogP contribution in [0, 0.1) is 20.8 Å². The van der Waals surface area contributed by atoms with Crippen LogP contribution in [-0.4, -0.2) is 27.1 Å². The van der Waals surface area contributed by atoms with Crippen LogP contribution >= 0.6 is 11.8 Å². The van der Waals surface area contributed by atoms with Crippen LogP contribution in [0.1, 0.15) is 22.5 Å². The van der Waals surface area contributed by atoms with E-state index < -0.39 is 0 Å². The summed E-state index contributed by atoms with van der Waals surface area (Å²) in [5, 5.41) is 9.48. The molecule has 2 aromatic carbocycles. The Labute approximate surface area is 153 Å². The summed E-state index contributed by atoms with van der Waals surface area (Å²) < 4.78 is 8.13. The van der Waals surface area contributed by atoms with Gasteiger partial charge in [-0.25, -0.2) is 0 Å². The first-order valence-corrected chi connectivity index (χ1v) is 9.39. The van der Waals surface area contributed by atoms with Gasteiger partial charge in [0.25, 0.3) is 0 Å². The molecule has 1 heterocycles. The first-order chi connectivity index (χ1) is 12.1. The minimum Gasteiger partial charge on any atom is -0.492 e. The van der Waals surface area contributed by atoms with Gasteiger partial charge in [-0.3, -0.25) is 0 Å². The molecule has 0 radical (unpaired) electrons. The SMILES string of the molecule is Cc1cccc(C)c1OCCSc1nnc(C)n1Cc1ccccc1. The van der Waals surface area contributed by atoms with E-state index in [1.165, 1.54) is 16.7 Å². The number of hydrogen-bond acceptors (Lipinski definition) is 4. The van der Waals surface area contributed by atoms with E-state index in [1.54, 1.807) is 11.8 Å². The highest BCUT2D eigenvalue weighted by Gasteiger charge is 2.10. The first-order valence-electron chi connectivity index (χ1n) is 8.40. The summed E-state index contributed by atoms with van der Waals surface area (Å²) in [6.07, 6.45) is 0. The van der Waals surface area contributed by atoms with Gasteiger partial charge >= 0.3 is 0 Å². The molecule has 3 aromatic rings. The Kier molecular flexibility index (Phi) is 5.76. The third-order valence-corrected chi connectivity index (χ3v) is 4.99. The van der Waals surface area contributed by atoms with Crippen molar-refractivity contribution >= 4 is 11.8 Å². The van der Waals surface area contributed by atoms with E-state index >= 15 is 0 Å². The molecular weight excluding hydrogens is 330 g/mol. The fraction of sp³-hybridized carbons (Fsp3) is 0.300. The molecular formula is C20H23N3OS. The average molecular weight is 353 g/mol. The highest BCUT2D eigenvalue weighted by molar-refractivity contribution is 7.99. The second-order valence-electron chi connectivity index (χ2n) is 6.02. The van der Waals surface area contributed by atoms with Gasteiger partial charge in [0.15, 0.2) is 5.16 Å². The van der Waals surface area contributed by atoms with Crippen molar-refractivity contribution in [2.75, 3.05) is 12.4 Å². The third kappa shape index (κ3) is 4.42. The van der Waals surface area contributed by atoms with Crippen molar-refractivity contribution in [1.29, 1.82) is 0 Å². The Morgan fingerprint density at radius 3 is 2.36 bits per heavy atom. The number of rotatable bonds is 7. The molecule has 0 aliphatic rings. The number of aryl methyl sites for hydroxylation is 3. The van der Waals surface area contributed by atoms with Crippen molar-refractivity contribution in [3.8, 4) is 5.75 Å². The first kappa shape index (κ1) is 17.5. The fourth-order valence-electron chi connectivity index (χ4n) is 2.72. The zero-order valence-electron chi connectivity index (χ0n) is 14.9. The molecule has 0 aliphatic carbocycles. The Morgan fingerprint density at radius 2 is 1.64 bits per heavy atom. The summed E-state index contributed by atoms with van der Waals surface area (Å²) in [6.45, 7) is 7.59. The topological polar surface area (TPSA) is 39.9 Å². The Bertz CT molecular complexity index is 810. The number of ether oxygens (including phenoxy) is 1. The lowest BCUT2D eigenvalue weighted by Crippen LogP contribution is -2.06. The van der Waals surface area contributed by atoms with Gasteiger partial charge < -0.3 is 9.30 Å². The molecule has 0 atom stereocenters. The van der Waals surface area contributed by atoms with Crippen LogP contribution in [0.2, 0.25) is 0 Å². The summed E-state index contributed by atoms with van der Waals surface area (Å²) >= 11 is 1.68. The van der Waals surface area contributed by atoms with Gasteiger partial charge in [-0.05, 0) is 37.5 Å². The van der Waals surface area contributed by atoms with Gasteiger partial charge in [0.05, 0.1) is 13.2 Å². The van der Waals surface area contributed by atoms with Crippen LogP contribution in [0.15, 0.2) is 53.7 Å². The highest BCUT2D eigenvalue weighted by Crippen LogP contribution is 2.23. The normalized spacial score (nSPS) is 10.8. The van der Waals surface area contributed by atoms with E-state index in [1.807, 2.05) is 13.0 Å². The number of hydrogen-bond donors (Lipinski definition) is 0. The van der Waals surface area contributed by atoms with Gasteiger partial charge in [-0.15, -0.1) is 10.2 Å². The zero-order valence-corrected chi connectivity index (χ0v) is 15.7. The van der Waals surface area contributed by atoms with Gasteiger partial charge in [-0.2, -0.15) is 0 Å². The Balaban J connectivity index is 1.59. The lowest BCUT2D eigenvalue weighted by Gasteiger charge is -2.12. The number of nitrogens with zero attached hydrogens (tertiary/aromatic N) is 3. The van der Waals surface area contributed by atoms with E-state index in [2.05, 4.69) is 71.1 Å². The molecule has 0 N–H and O–H groups in total. The Hall–Kier alpha value is -2.27. The molecule has 0 aliphatic heterocycles. The van der Waals surface area contributed by atoms with Gasteiger partial charge in [0.2, 0.25) is 0 Å². The fourth-order valence-corrected chi connectivity index (χ4v) is 3.52. The molecule has 0 spiro atoms. The zero-order chi connectivity index (χ0) is 17.6. The largest absolute Gasteiger partial charge is 0.492 e. The van der Waals surface area contributed by atoms with Crippen molar-refractivity contribution in [3.63, 3.8) is 0 Å². The predicted molar refractivity (Wildman–Crippen MR) is 102 cm³/mol. The summed E-state index contributed by atoms with van der Waals surface area (Å²) in [6, 6.07) is 16.6. The standard InChI is InChI=1S/C20H23N3OS/c1-15-8-7-9-16(2)19(15)24-12-13-25-20-22-21-17(3)23(20)14-18-10-5-4-6-11-18/h4-11H,12-14H2,1-3H3. The number of para-hydroxylation sites is 1. The smallest absolute Gasteiger partial charge is 0.191 e. The van der Waals surface area contributed by atoms with Crippen molar-refractivity contribution in [1.82, 2.24) is 14.8 Å². The van der Waals surface area contributed by atoms with Crippen LogP contribution in [0.4, 0.5) is 0 Å². The molecule has 0 unspecified atom stereocenters. The maximum atomic E-state index is 5.98. The van der Waals surface area contributed by atoms with Gasteiger partial charge in [0, 0.05) is 5.75 Å². The molecule has 0 saturated heterocycles. The van der Waals surface area contributed by atoms with Gasteiger partial charge in [-0.1, -0.05) is 60.3 Å². The Morgan fingerprint density at radius 1 is 0.920 bits per heavy atom. The maximum Gasteiger partial charge on any atom is 0.191 e. The lowest BCUT2D eigenvalue weighted by molar-refractivity contribution is 0.339. The summed E-state index contributed by atoms with van der Waals surface area (Å²) in [5.74, 6) is 2.76. The molecule has 5 heteroatoms. The van der Waals surface area contributed by atoms with Crippen molar-refractivity contribution in [2.24, 2.45) is 0 Å². The van der Waals surface area contributed by atoms with E-state index in [0.29, 0.717) is 6.61 Å². The van der Waals surface area contributed by atoms with Crippen LogP contribution in [0.25, 0.3) is 0 Å². The lowest BCUT2D eigenvalue weighted by atomic mass is 10.1. The van der Waals surface area contributed by atoms with E-state index in [-0.39, 0.29) is 0 Å². The van der Waals surface area contributed by atoms with E-state index in [4.69, 9.17) is 4.74 Å². The summed E-state index contributed by atoms with van der Waals surface area (Å²) in [7, 11) is 0. The average Bonchev–Trinajstić information content (AvgIpc) is 2.95. The molecule has 0 amide bonds. The summed E-state index contributed by atoms with van der Waals surface area (Å²) in [5.41, 5.74) is 3.60. The second kappa shape index (κ2) is 8.21. The van der Waals surface area contributed by atoms with Crippen molar-refractivity contribution in [3.05, 3.63) is 71.0 Å². The molecule has 3 rings (SSSR count). The molecule has 4 nitrogen and oxygen atoms in total. The predicted octanol–water partition coefficient (Wildman–Crippen LogP) is 4.42. The monoisotopic (exact) mass is 353 g/mol. The van der Waals surface area contributed by atoms with Crippen LogP contribution in [-0.2, 0) is 6.54 Å². The minimum absolute atomic E-state index is 0.646. The highest BCUT2D eigenvalue weighted by atomic mass is 32.2. The van der Waals surface area contributed by atoms with Crippen molar-refractivity contribution in [2.45, 2.75) is 32.5 Å². The molecule has 0 fully saturated rings. The van der Waals surface area contributed by atoms with Crippen LogP contribution < -0.4 is 4.74 Å². The minimum atomic E-state index is 0.646. The third-order valence-electron chi connectivity index (χ3n) is 4.05. The van der Waals surface area contributed by atoms with Crippen molar-refractivity contribution < 1.29 is 4.74 Å². The van der Waals surface area contributed by atoms with Gasteiger partial charge in [0.1, 0.15) is 11.6 Å². The molecule has 1 aromatic heterocycles. The quantitative estimate of drug-likeness (QED) is 0.465. The van der Waals surface area contributed by atoms with Crippen LogP contribution in [0.3, 0.4) is 0 Å². The number of aromatic nitrogens is 3. The molecule has 0 bridgehead atoms. The summed E-state index contributed by atoms with van der Waals surface area (Å²) in [4.78, 5) is 0. The number of thioether (sulfide) groups is 1. The van der Waals surface area contributed by atoms with E-state index in [0.717, 1.165) is 29.0 Å². The maximum absolute atomic E-state index is 5.98.